The van der Waals surface area contributed by atoms with Gasteiger partial charge < -0.3 is 19.3 Å². The van der Waals surface area contributed by atoms with Gasteiger partial charge in [0.05, 0.1) is 0 Å². The topological polar surface area (TPSA) is 93.2 Å². The fraction of sp³-hybridized carbons (Fsp3) is 0.692. The second-order valence-electron chi connectivity index (χ2n) is 9.74. The summed E-state index contributed by atoms with van der Waals surface area (Å²) in [7, 11) is 0. The molecule has 2 atom stereocenters. The first kappa shape index (κ1) is 26.0. The number of esters is 2. The van der Waals surface area contributed by atoms with Crippen LogP contribution in [0, 0.1) is 0 Å². The van der Waals surface area contributed by atoms with Crippen LogP contribution in [-0.2, 0) is 28.7 Å². The molecule has 188 valence electrons. The zero-order chi connectivity index (χ0) is 24.5. The predicted molar refractivity (Wildman–Crippen MR) is 127 cm³/mol. The third-order valence-electron chi connectivity index (χ3n) is 6.95. The van der Waals surface area contributed by atoms with Crippen molar-refractivity contribution in [3.8, 4) is 0 Å². The van der Waals surface area contributed by atoms with Gasteiger partial charge in [-0.05, 0) is 65.2 Å². The molecule has 8 heteroatoms. The molecule has 1 aliphatic heterocycles. The van der Waals surface area contributed by atoms with E-state index in [1.54, 1.807) is 9.80 Å². The van der Waals surface area contributed by atoms with Crippen LogP contribution in [0.4, 0.5) is 0 Å². The maximum atomic E-state index is 12.7. The molecule has 0 radical (unpaired) electrons. The van der Waals surface area contributed by atoms with E-state index in [9.17, 15) is 19.2 Å². The normalized spacial score (nSPS) is 25.0. The number of carbonyl (C=O) groups is 4. The van der Waals surface area contributed by atoms with E-state index in [2.05, 4.69) is 0 Å². The number of rotatable bonds is 6. The Kier molecular flexibility index (Phi) is 9.72. The van der Waals surface area contributed by atoms with Crippen LogP contribution in [0.25, 0.3) is 0 Å². The van der Waals surface area contributed by atoms with Crippen molar-refractivity contribution in [2.45, 2.75) is 102 Å². The quantitative estimate of drug-likeness (QED) is 0.433. The van der Waals surface area contributed by atoms with Gasteiger partial charge in [-0.1, -0.05) is 12.8 Å². The van der Waals surface area contributed by atoms with Crippen molar-refractivity contribution in [3.05, 3.63) is 24.3 Å². The lowest BCUT2D eigenvalue weighted by atomic mass is 9.98. The number of nitrogens with zero attached hydrogens (tertiary/aromatic N) is 2. The highest BCUT2D eigenvalue weighted by atomic mass is 16.5. The van der Waals surface area contributed by atoms with Crippen molar-refractivity contribution in [3.63, 3.8) is 0 Å². The number of carbonyl (C=O) groups excluding carboxylic acids is 4. The summed E-state index contributed by atoms with van der Waals surface area (Å²) < 4.78 is 10.8. The lowest BCUT2D eigenvalue weighted by Gasteiger charge is -2.43. The van der Waals surface area contributed by atoms with Crippen LogP contribution in [0.2, 0.25) is 0 Å². The molecule has 1 heterocycles. The van der Waals surface area contributed by atoms with Crippen LogP contribution in [0.3, 0.4) is 0 Å². The molecule has 0 spiro atoms. The Hall–Kier alpha value is -2.64. The second kappa shape index (κ2) is 12.7. The molecule has 1 saturated heterocycles. The molecule has 34 heavy (non-hydrogen) atoms. The molecule has 0 aromatic heterocycles. The standard InChI is InChI=1S/C26H38N2O6/c1-19-17-28(24(30)14-16-26(32)34-22-11-7-4-8-12-22)20(2)18-27(19)23(29)13-15-25(31)33-21-9-5-3-6-10-21/h13-16,19-22H,3-12,17-18H2,1-2H3/b15-13+,16-14+. The minimum Gasteiger partial charge on any atom is -0.459 e. The van der Waals surface area contributed by atoms with E-state index in [1.807, 2.05) is 13.8 Å². The van der Waals surface area contributed by atoms with Gasteiger partial charge in [-0.15, -0.1) is 0 Å². The second-order valence-corrected chi connectivity index (χ2v) is 9.74. The molecule has 3 rings (SSSR count). The highest BCUT2D eigenvalue weighted by Crippen LogP contribution is 2.22. The Labute approximate surface area is 202 Å². The predicted octanol–water partition coefficient (Wildman–Crippen LogP) is 3.30. The van der Waals surface area contributed by atoms with Crippen molar-refractivity contribution in [2.24, 2.45) is 0 Å². The summed E-state index contributed by atoms with van der Waals surface area (Å²) in [5.74, 6) is -1.53. The highest BCUT2D eigenvalue weighted by Gasteiger charge is 2.33. The van der Waals surface area contributed by atoms with Crippen LogP contribution in [0.1, 0.15) is 78.1 Å². The van der Waals surface area contributed by atoms with Crippen LogP contribution in [-0.4, -0.2) is 70.9 Å². The molecule has 0 bridgehead atoms. The van der Waals surface area contributed by atoms with E-state index in [4.69, 9.17) is 9.47 Å². The summed E-state index contributed by atoms with van der Waals surface area (Å²) >= 11 is 0. The number of amides is 2. The van der Waals surface area contributed by atoms with Crippen LogP contribution in [0.15, 0.2) is 24.3 Å². The zero-order valence-electron chi connectivity index (χ0n) is 20.4. The molecule has 2 unspecified atom stereocenters. The molecule has 2 saturated carbocycles. The summed E-state index contributed by atoms with van der Waals surface area (Å²) in [6.45, 7) is 4.40. The van der Waals surface area contributed by atoms with Gasteiger partial charge in [0.15, 0.2) is 0 Å². The lowest BCUT2D eigenvalue weighted by molar-refractivity contribution is -0.145. The van der Waals surface area contributed by atoms with Crippen LogP contribution in [0.5, 0.6) is 0 Å². The van der Waals surface area contributed by atoms with Crippen molar-refractivity contribution in [1.29, 1.82) is 0 Å². The van der Waals surface area contributed by atoms with Gasteiger partial charge in [-0.2, -0.15) is 0 Å². The first-order valence-electron chi connectivity index (χ1n) is 12.7. The van der Waals surface area contributed by atoms with E-state index in [1.165, 1.54) is 37.1 Å². The molecular weight excluding hydrogens is 436 g/mol. The summed E-state index contributed by atoms with van der Waals surface area (Å²) in [5, 5.41) is 0. The smallest absolute Gasteiger partial charge is 0.331 e. The molecule has 0 aromatic rings. The highest BCUT2D eigenvalue weighted by molar-refractivity contribution is 5.96. The van der Waals surface area contributed by atoms with Gasteiger partial charge in [-0.3, -0.25) is 9.59 Å². The summed E-state index contributed by atoms with van der Waals surface area (Å²) in [6, 6.07) is -0.455. The summed E-state index contributed by atoms with van der Waals surface area (Å²) in [5.41, 5.74) is 0. The molecule has 0 N–H and O–H groups in total. The third kappa shape index (κ3) is 7.71. The largest absolute Gasteiger partial charge is 0.459 e. The summed E-state index contributed by atoms with van der Waals surface area (Å²) in [4.78, 5) is 52.8. The third-order valence-corrected chi connectivity index (χ3v) is 6.95. The van der Waals surface area contributed by atoms with Crippen molar-refractivity contribution < 1.29 is 28.7 Å². The minimum absolute atomic E-state index is 0.0532. The molecule has 3 fully saturated rings. The van der Waals surface area contributed by atoms with Gasteiger partial charge in [0.2, 0.25) is 11.8 Å². The van der Waals surface area contributed by atoms with Gasteiger partial charge in [-0.25, -0.2) is 9.59 Å². The van der Waals surface area contributed by atoms with E-state index in [0.717, 1.165) is 51.4 Å². The molecule has 0 aromatic carbocycles. The van der Waals surface area contributed by atoms with Gasteiger partial charge in [0.25, 0.3) is 0 Å². The van der Waals surface area contributed by atoms with E-state index in [-0.39, 0.29) is 36.1 Å². The van der Waals surface area contributed by atoms with Crippen molar-refractivity contribution in [2.75, 3.05) is 13.1 Å². The van der Waals surface area contributed by atoms with Gasteiger partial charge >= 0.3 is 11.9 Å². The fourth-order valence-corrected chi connectivity index (χ4v) is 4.98. The maximum Gasteiger partial charge on any atom is 0.331 e. The molecule has 3 aliphatic rings. The number of hydrogen-bond donors (Lipinski definition) is 0. The minimum atomic E-state index is -0.486. The van der Waals surface area contributed by atoms with Crippen LogP contribution < -0.4 is 0 Å². The lowest BCUT2D eigenvalue weighted by Crippen LogP contribution is -2.59. The Morgan fingerprint density at radius 1 is 0.588 bits per heavy atom. The monoisotopic (exact) mass is 474 g/mol. The molecule has 2 amide bonds. The van der Waals surface area contributed by atoms with Crippen LogP contribution >= 0.6 is 0 Å². The number of piperazine rings is 1. The maximum absolute atomic E-state index is 12.7. The number of hydrogen-bond acceptors (Lipinski definition) is 6. The first-order chi connectivity index (χ1) is 16.3. The van der Waals surface area contributed by atoms with Gasteiger partial charge in [0, 0.05) is 49.5 Å². The average molecular weight is 475 g/mol. The molecule has 2 aliphatic carbocycles. The van der Waals surface area contributed by atoms with E-state index in [0.29, 0.717) is 13.1 Å². The average Bonchev–Trinajstić information content (AvgIpc) is 2.83. The fourth-order valence-electron chi connectivity index (χ4n) is 4.98. The first-order valence-corrected chi connectivity index (χ1v) is 12.7. The number of ether oxygens (including phenoxy) is 2. The van der Waals surface area contributed by atoms with E-state index < -0.39 is 11.9 Å². The van der Waals surface area contributed by atoms with E-state index >= 15 is 0 Å². The van der Waals surface area contributed by atoms with Gasteiger partial charge in [0.1, 0.15) is 12.2 Å². The molecule has 8 nitrogen and oxygen atoms in total. The Bertz CT molecular complexity index is 729. The molecular formula is C26H38N2O6. The Morgan fingerprint density at radius 2 is 0.941 bits per heavy atom. The SMILES string of the molecule is CC1CN(C(=O)/C=C/C(=O)OC2CCCCC2)C(C)CN1C(=O)/C=C/C(=O)OC1CCCCC1. The summed E-state index contributed by atoms with van der Waals surface area (Å²) in [6.07, 6.45) is 14.9. The Morgan fingerprint density at radius 3 is 1.29 bits per heavy atom. The van der Waals surface area contributed by atoms with Crippen molar-refractivity contribution >= 4 is 23.8 Å². The van der Waals surface area contributed by atoms with Crippen molar-refractivity contribution in [1.82, 2.24) is 9.80 Å². The zero-order valence-corrected chi connectivity index (χ0v) is 20.4. The Balaban J connectivity index is 1.46.